The summed E-state index contributed by atoms with van der Waals surface area (Å²) in [5.74, 6) is -2.31. The Hall–Kier alpha value is -2.99. The van der Waals surface area contributed by atoms with Crippen LogP contribution in [0.4, 0.5) is 4.79 Å². The number of benzene rings is 1. The van der Waals surface area contributed by atoms with Gasteiger partial charge in [-0.05, 0) is 31.0 Å². The van der Waals surface area contributed by atoms with E-state index in [2.05, 4.69) is 10.7 Å². The molecule has 1 spiro atoms. The van der Waals surface area contributed by atoms with Gasteiger partial charge < -0.3 is 10.1 Å². The van der Waals surface area contributed by atoms with Crippen molar-refractivity contribution in [2.75, 3.05) is 19.7 Å². The van der Waals surface area contributed by atoms with Crippen molar-refractivity contribution in [2.45, 2.75) is 56.4 Å². The van der Waals surface area contributed by atoms with E-state index in [0.717, 1.165) is 19.3 Å². The van der Waals surface area contributed by atoms with Crippen molar-refractivity contribution in [1.82, 2.24) is 20.1 Å². The number of hydrogen-bond acceptors (Lipinski definition) is 7. The average Bonchev–Trinajstić information content (AvgIpc) is 3.02. The second-order valence-electron chi connectivity index (χ2n) is 7.94. The van der Waals surface area contributed by atoms with E-state index in [9.17, 15) is 27.6 Å². The van der Waals surface area contributed by atoms with Crippen LogP contribution in [0.1, 0.15) is 56.3 Å². The van der Waals surface area contributed by atoms with Crippen molar-refractivity contribution in [2.24, 2.45) is 0 Å². The maximum atomic E-state index is 12.7. The van der Waals surface area contributed by atoms with Gasteiger partial charge in [-0.3, -0.25) is 15.0 Å². The Labute approximate surface area is 192 Å². The minimum absolute atomic E-state index is 0.0489. The SMILES string of the molecule is CCN(CC)S(=O)(=O)c1cccc(C(=O)OCC(=O)NN2C(=O)NC3(CCCCC3)C2=O)c1. The molecule has 1 saturated carbocycles. The Morgan fingerprint density at radius 2 is 1.82 bits per heavy atom. The van der Waals surface area contributed by atoms with Crippen LogP contribution in [-0.4, -0.2) is 66.8 Å². The van der Waals surface area contributed by atoms with Crippen LogP contribution in [0.15, 0.2) is 29.2 Å². The lowest BCUT2D eigenvalue weighted by atomic mass is 9.82. The largest absolute Gasteiger partial charge is 0.452 e. The number of urea groups is 1. The standard InChI is InChI=1S/C21H28N4O7S/c1-3-24(4-2)33(30,31)16-10-8-9-15(13-16)18(27)32-14-17(26)23-25-19(28)21(22-20(25)29)11-6-5-7-12-21/h8-10,13H,3-7,11-12,14H2,1-2H3,(H,22,29)(H,23,26). The Balaban J connectivity index is 1.60. The number of esters is 1. The van der Waals surface area contributed by atoms with Crippen LogP contribution in [0, 0.1) is 0 Å². The highest BCUT2D eigenvalue weighted by Gasteiger charge is 2.52. The number of nitrogens with one attached hydrogen (secondary N) is 2. The molecule has 1 aromatic carbocycles. The molecule has 1 aliphatic heterocycles. The zero-order chi connectivity index (χ0) is 24.2. The van der Waals surface area contributed by atoms with Crippen LogP contribution >= 0.6 is 0 Å². The number of carbonyl (C=O) groups is 4. The molecule has 1 aromatic rings. The summed E-state index contributed by atoms with van der Waals surface area (Å²) >= 11 is 0. The van der Waals surface area contributed by atoms with Gasteiger partial charge in [-0.15, -0.1) is 0 Å². The third-order valence-corrected chi connectivity index (χ3v) is 7.90. The molecule has 1 saturated heterocycles. The van der Waals surface area contributed by atoms with Crippen molar-refractivity contribution in [3.05, 3.63) is 29.8 Å². The lowest BCUT2D eigenvalue weighted by Crippen LogP contribution is -2.51. The van der Waals surface area contributed by atoms with E-state index in [1.54, 1.807) is 13.8 Å². The fourth-order valence-corrected chi connectivity index (χ4v) is 5.59. The zero-order valence-corrected chi connectivity index (χ0v) is 19.4. The highest BCUT2D eigenvalue weighted by Crippen LogP contribution is 2.33. The van der Waals surface area contributed by atoms with Gasteiger partial charge in [0, 0.05) is 13.1 Å². The number of hydrazine groups is 1. The summed E-state index contributed by atoms with van der Waals surface area (Å²) in [7, 11) is -3.77. The molecule has 1 heterocycles. The van der Waals surface area contributed by atoms with Crippen LogP contribution in [0.3, 0.4) is 0 Å². The van der Waals surface area contributed by atoms with Crippen molar-refractivity contribution in [3.8, 4) is 0 Å². The second kappa shape index (κ2) is 9.87. The Bertz CT molecular complexity index is 1050. The summed E-state index contributed by atoms with van der Waals surface area (Å²) in [6.45, 7) is 3.21. The summed E-state index contributed by atoms with van der Waals surface area (Å²) in [6, 6.07) is 4.60. The molecule has 11 nitrogen and oxygen atoms in total. The van der Waals surface area contributed by atoms with Crippen LogP contribution in [-0.2, 0) is 24.3 Å². The summed E-state index contributed by atoms with van der Waals surface area (Å²) in [5.41, 5.74) is 1.14. The third-order valence-electron chi connectivity index (χ3n) is 5.85. The number of amides is 4. The van der Waals surface area contributed by atoms with Crippen LogP contribution in [0.25, 0.3) is 0 Å². The molecule has 2 fully saturated rings. The van der Waals surface area contributed by atoms with Gasteiger partial charge in [-0.25, -0.2) is 18.0 Å². The Kier molecular flexibility index (Phi) is 7.38. The molecule has 180 valence electrons. The van der Waals surface area contributed by atoms with Crippen LogP contribution in [0.2, 0.25) is 0 Å². The molecule has 4 amide bonds. The molecular formula is C21H28N4O7S. The third kappa shape index (κ3) is 5.01. The molecule has 12 heteroatoms. The number of imide groups is 1. The average molecular weight is 481 g/mol. The minimum atomic E-state index is -3.77. The highest BCUT2D eigenvalue weighted by atomic mass is 32.2. The van der Waals surface area contributed by atoms with Crippen molar-refractivity contribution >= 4 is 33.8 Å². The number of carbonyl (C=O) groups excluding carboxylic acids is 4. The molecule has 3 rings (SSSR count). The van der Waals surface area contributed by atoms with Gasteiger partial charge in [0.25, 0.3) is 11.8 Å². The molecule has 2 N–H and O–H groups in total. The molecule has 0 aromatic heterocycles. The van der Waals surface area contributed by atoms with Crippen molar-refractivity contribution in [3.63, 3.8) is 0 Å². The van der Waals surface area contributed by atoms with E-state index in [1.165, 1.54) is 28.6 Å². The highest BCUT2D eigenvalue weighted by molar-refractivity contribution is 7.89. The van der Waals surface area contributed by atoms with Gasteiger partial charge in [-0.1, -0.05) is 39.2 Å². The summed E-state index contributed by atoms with van der Waals surface area (Å²) < 4.78 is 31.5. The Morgan fingerprint density at radius 1 is 1.15 bits per heavy atom. The first-order valence-corrected chi connectivity index (χ1v) is 12.3. The number of sulfonamides is 1. The smallest absolute Gasteiger partial charge is 0.344 e. The summed E-state index contributed by atoms with van der Waals surface area (Å²) in [4.78, 5) is 49.4. The summed E-state index contributed by atoms with van der Waals surface area (Å²) in [5, 5.41) is 3.28. The molecule has 1 aliphatic carbocycles. The van der Waals surface area contributed by atoms with Crippen LogP contribution in [0.5, 0.6) is 0 Å². The van der Waals surface area contributed by atoms with Gasteiger partial charge in [0.1, 0.15) is 5.54 Å². The fraction of sp³-hybridized carbons (Fsp3) is 0.524. The quantitative estimate of drug-likeness (QED) is 0.420. The first-order chi connectivity index (χ1) is 15.6. The molecule has 33 heavy (non-hydrogen) atoms. The molecule has 0 bridgehead atoms. The molecule has 0 unspecified atom stereocenters. The number of hydrogen-bond donors (Lipinski definition) is 2. The first-order valence-electron chi connectivity index (χ1n) is 10.9. The number of nitrogens with zero attached hydrogens (tertiary/aromatic N) is 2. The van der Waals surface area contributed by atoms with E-state index in [-0.39, 0.29) is 23.5 Å². The molecule has 0 radical (unpaired) electrons. The lowest BCUT2D eigenvalue weighted by molar-refractivity contribution is -0.140. The van der Waals surface area contributed by atoms with Crippen molar-refractivity contribution in [1.29, 1.82) is 0 Å². The predicted octanol–water partition coefficient (Wildman–Crippen LogP) is 1.16. The maximum Gasteiger partial charge on any atom is 0.344 e. The van der Waals surface area contributed by atoms with Crippen LogP contribution < -0.4 is 10.7 Å². The van der Waals surface area contributed by atoms with E-state index < -0.39 is 46.0 Å². The zero-order valence-electron chi connectivity index (χ0n) is 18.6. The molecule has 0 atom stereocenters. The predicted molar refractivity (Wildman–Crippen MR) is 116 cm³/mol. The van der Waals surface area contributed by atoms with E-state index in [4.69, 9.17) is 4.74 Å². The second-order valence-corrected chi connectivity index (χ2v) is 9.88. The van der Waals surface area contributed by atoms with Gasteiger partial charge in [0.05, 0.1) is 10.5 Å². The monoisotopic (exact) mass is 480 g/mol. The summed E-state index contributed by atoms with van der Waals surface area (Å²) in [6.07, 6.45) is 3.59. The Morgan fingerprint density at radius 3 is 2.45 bits per heavy atom. The lowest BCUT2D eigenvalue weighted by Gasteiger charge is -2.30. The topological polar surface area (TPSA) is 142 Å². The normalized spacial score (nSPS) is 17.8. The van der Waals surface area contributed by atoms with Crippen molar-refractivity contribution < 1.29 is 32.3 Å². The van der Waals surface area contributed by atoms with E-state index in [0.29, 0.717) is 17.9 Å². The van der Waals surface area contributed by atoms with E-state index in [1.807, 2.05) is 0 Å². The van der Waals surface area contributed by atoms with Gasteiger partial charge >= 0.3 is 12.0 Å². The maximum absolute atomic E-state index is 12.7. The minimum Gasteiger partial charge on any atom is -0.452 e. The van der Waals surface area contributed by atoms with Gasteiger partial charge in [0.15, 0.2) is 6.61 Å². The molecular weight excluding hydrogens is 452 g/mol. The number of ether oxygens (including phenoxy) is 1. The number of rotatable bonds is 8. The van der Waals surface area contributed by atoms with Gasteiger partial charge in [-0.2, -0.15) is 9.31 Å². The van der Waals surface area contributed by atoms with E-state index >= 15 is 0 Å². The fourth-order valence-electron chi connectivity index (χ4n) is 4.08. The first kappa shape index (κ1) is 24.6. The van der Waals surface area contributed by atoms with Gasteiger partial charge in [0.2, 0.25) is 10.0 Å². The molecule has 2 aliphatic rings.